The maximum absolute atomic E-state index is 4.39. The number of hydrogen-bond acceptors (Lipinski definition) is 4. The summed E-state index contributed by atoms with van der Waals surface area (Å²) in [5.41, 5.74) is 2.14. The minimum atomic E-state index is 0.656. The van der Waals surface area contributed by atoms with Crippen molar-refractivity contribution in [1.29, 1.82) is 0 Å². The van der Waals surface area contributed by atoms with Crippen molar-refractivity contribution in [3.05, 3.63) is 64.4 Å². The second-order valence-electron chi connectivity index (χ2n) is 5.27. The van der Waals surface area contributed by atoms with Crippen LogP contribution in [0.2, 0.25) is 0 Å². The molecule has 0 saturated heterocycles. The highest BCUT2D eigenvalue weighted by molar-refractivity contribution is 7.11. The zero-order valence-electron chi connectivity index (χ0n) is 13.7. The van der Waals surface area contributed by atoms with E-state index in [1.807, 2.05) is 53.6 Å². The van der Waals surface area contributed by atoms with Crippen LogP contribution in [0.3, 0.4) is 0 Å². The molecule has 2 aromatic heterocycles. The second kappa shape index (κ2) is 7.74. The van der Waals surface area contributed by atoms with Gasteiger partial charge in [0.15, 0.2) is 5.96 Å². The molecular formula is C17H20N6S. The molecule has 0 spiro atoms. The van der Waals surface area contributed by atoms with Gasteiger partial charge in [-0.25, -0.2) is 9.67 Å². The topological polar surface area (TPSA) is 67.1 Å². The Morgan fingerprint density at radius 1 is 1.17 bits per heavy atom. The lowest BCUT2D eigenvalue weighted by molar-refractivity contribution is 0.804. The van der Waals surface area contributed by atoms with Gasteiger partial charge in [0.1, 0.15) is 5.01 Å². The molecule has 7 heteroatoms. The zero-order chi connectivity index (χ0) is 16.8. The summed E-state index contributed by atoms with van der Waals surface area (Å²) in [6.07, 6.45) is 5.76. The van der Waals surface area contributed by atoms with Crippen LogP contribution in [0.5, 0.6) is 0 Å². The Hall–Kier alpha value is -2.67. The predicted molar refractivity (Wildman–Crippen MR) is 97.5 cm³/mol. The third kappa shape index (κ3) is 4.20. The Bertz CT molecular complexity index is 805. The summed E-state index contributed by atoms with van der Waals surface area (Å²) in [5.74, 6) is 0.746. The highest BCUT2D eigenvalue weighted by Gasteiger charge is 2.04. The van der Waals surface area contributed by atoms with Gasteiger partial charge in [0.2, 0.25) is 0 Å². The number of thiazole rings is 1. The van der Waals surface area contributed by atoms with Crippen molar-refractivity contribution in [2.75, 3.05) is 7.05 Å². The minimum Gasteiger partial charge on any atom is -0.352 e. The van der Waals surface area contributed by atoms with Crippen molar-refractivity contribution in [2.45, 2.75) is 20.0 Å². The fourth-order valence-corrected chi connectivity index (χ4v) is 2.95. The van der Waals surface area contributed by atoms with E-state index in [0.29, 0.717) is 13.1 Å². The predicted octanol–water partition coefficient (Wildman–Crippen LogP) is 2.50. The first kappa shape index (κ1) is 16.2. The summed E-state index contributed by atoms with van der Waals surface area (Å²) in [5, 5.41) is 12.0. The van der Waals surface area contributed by atoms with Crippen molar-refractivity contribution in [1.82, 2.24) is 25.4 Å². The zero-order valence-corrected chi connectivity index (χ0v) is 14.5. The van der Waals surface area contributed by atoms with Crippen LogP contribution in [0, 0.1) is 6.92 Å². The van der Waals surface area contributed by atoms with E-state index in [9.17, 15) is 0 Å². The molecule has 0 fully saturated rings. The number of nitrogens with one attached hydrogen (secondary N) is 2. The first-order valence-corrected chi connectivity index (χ1v) is 8.51. The van der Waals surface area contributed by atoms with E-state index in [2.05, 4.69) is 32.6 Å². The Morgan fingerprint density at radius 2 is 1.96 bits per heavy atom. The maximum atomic E-state index is 4.39. The first-order valence-electron chi connectivity index (χ1n) is 7.69. The van der Waals surface area contributed by atoms with Gasteiger partial charge >= 0.3 is 0 Å². The van der Waals surface area contributed by atoms with Crippen molar-refractivity contribution in [3.8, 4) is 5.69 Å². The summed E-state index contributed by atoms with van der Waals surface area (Å²) in [6, 6.07) is 10.1. The lowest BCUT2D eigenvalue weighted by Crippen LogP contribution is -2.36. The number of aliphatic imine (C=N–C) groups is 1. The molecule has 3 rings (SSSR count). The van der Waals surface area contributed by atoms with Gasteiger partial charge in [0, 0.05) is 36.4 Å². The largest absolute Gasteiger partial charge is 0.352 e. The summed E-state index contributed by atoms with van der Waals surface area (Å²) in [6.45, 7) is 3.38. The maximum Gasteiger partial charge on any atom is 0.191 e. The van der Waals surface area contributed by atoms with Crippen molar-refractivity contribution < 1.29 is 0 Å². The van der Waals surface area contributed by atoms with Crippen LogP contribution in [0.4, 0.5) is 0 Å². The first-order chi connectivity index (χ1) is 11.7. The van der Waals surface area contributed by atoms with Crippen LogP contribution in [0.1, 0.15) is 15.4 Å². The second-order valence-corrected chi connectivity index (χ2v) is 6.59. The molecule has 2 N–H and O–H groups in total. The highest BCUT2D eigenvalue weighted by Crippen LogP contribution is 2.10. The molecule has 3 aromatic rings. The summed E-state index contributed by atoms with van der Waals surface area (Å²) >= 11 is 1.69. The van der Waals surface area contributed by atoms with Gasteiger partial charge in [0.05, 0.1) is 18.4 Å². The van der Waals surface area contributed by atoms with E-state index in [0.717, 1.165) is 22.2 Å². The Morgan fingerprint density at radius 3 is 2.67 bits per heavy atom. The number of rotatable bonds is 5. The SMILES string of the molecule is CN=C(NCc1cnn(-c2ccccc2)c1)NCc1ncc(C)s1. The average Bonchev–Trinajstić information content (AvgIpc) is 3.25. The van der Waals surface area contributed by atoms with Crippen molar-refractivity contribution in [3.63, 3.8) is 0 Å². The molecule has 6 nitrogen and oxygen atoms in total. The molecule has 0 aliphatic carbocycles. The van der Waals surface area contributed by atoms with Crippen LogP contribution in [0.25, 0.3) is 5.69 Å². The average molecular weight is 340 g/mol. The fourth-order valence-electron chi connectivity index (χ4n) is 2.22. The minimum absolute atomic E-state index is 0.656. The molecule has 124 valence electrons. The fraction of sp³-hybridized carbons (Fsp3) is 0.235. The lowest BCUT2D eigenvalue weighted by atomic mass is 10.3. The molecule has 0 aliphatic rings. The van der Waals surface area contributed by atoms with E-state index in [-0.39, 0.29) is 0 Å². The number of hydrogen-bond donors (Lipinski definition) is 2. The molecule has 0 bridgehead atoms. The van der Waals surface area contributed by atoms with Gasteiger partial charge in [0.25, 0.3) is 0 Å². The van der Waals surface area contributed by atoms with Gasteiger partial charge < -0.3 is 10.6 Å². The Balaban J connectivity index is 1.53. The number of aryl methyl sites for hydroxylation is 1. The number of nitrogens with zero attached hydrogens (tertiary/aromatic N) is 4. The summed E-state index contributed by atoms with van der Waals surface area (Å²) in [7, 11) is 1.76. The molecule has 0 saturated carbocycles. The molecule has 0 atom stereocenters. The van der Waals surface area contributed by atoms with Gasteiger partial charge in [-0.15, -0.1) is 11.3 Å². The quantitative estimate of drug-likeness (QED) is 0.553. The van der Waals surface area contributed by atoms with Gasteiger partial charge in [-0.3, -0.25) is 4.99 Å². The lowest BCUT2D eigenvalue weighted by Gasteiger charge is -2.09. The third-order valence-corrected chi connectivity index (χ3v) is 4.33. The van der Waals surface area contributed by atoms with E-state index in [1.165, 1.54) is 4.88 Å². The van der Waals surface area contributed by atoms with Crippen LogP contribution in [-0.4, -0.2) is 27.8 Å². The Labute approximate surface area is 145 Å². The molecule has 24 heavy (non-hydrogen) atoms. The normalized spacial score (nSPS) is 11.5. The van der Waals surface area contributed by atoms with Crippen LogP contribution in [-0.2, 0) is 13.1 Å². The molecule has 0 amide bonds. The van der Waals surface area contributed by atoms with Gasteiger partial charge in [-0.05, 0) is 19.1 Å². The standard InChI is InChI=1S/C17H20N6S/c1-13-8-19-16(24-13)11-21-17(18-2)20-9-14-10-22-23(12-14)15-6-4-3-5-7-15/h3-8,10,12H,9,11H2,1-2H3,(H2,18,20,21). The summed E-state index contributed by atoms with van der Waals surface area (Å²) < 4.78 is 1.87. The number of guanidine groups is 1. The molecule has 0 aliphatic heterocycles. The number of aromatic nitrogens is 3. The monoisotopic (exact) mass is 340 g/mol. The van der Waals surface area contributed by atoms with Crippen LogP contribution >= 0.6 is 11.3 Å². The molecule has 0 unspecified atom stereocenters. The van der Waals surface area contributed by atoms with Crippen LogP contribution < -0.4 is 10.6 Å². The van der Waals surface area contributed by atoms with Gasteiger partial charge in [-0.1, -0.05) is 18.2 Å². The van der Waals surface area contributed by atoms with E-state index >= 15 is 0 Å². The summed E-state index contributed by atoms with van der Waals surface area (Å²) in [4.78, 5) is 9.78. The molecule has 2 heterocycles. The van der Waals surface area contributed by atoms with Crippen LogP contribution in [0.15, 0.2) is 53.9 Å². The number of para-hydroxylation sites is 1. The molecule has 1 aromatic carbocycles. The van der Waals surface area contributed by atoms with Crippen molar-refractivity contribution in [2.24, 2.45) is 4.99 Å². The highest BCUT2D eigenvalue weighted by atomic mass is 32.1. The molecular weight excluding hydrogens is 320 g/mol. The Kier molecular flexibility index (Phi) is 5.22. The number of benzene rings is 1. The van der Waals surface area contributed by atoms with E-state index in [4.69, 9.17) is 0 Å². The van der Waals surface area contributed by atoms with Gasteiger partial charge in [-0.2, -0.15) is 5.10 Å². The van der Waals surface area contributed by atoms with Crippen molar-refractivity contribution >= 4 is 17.3 Å². The molecule has 0 radical (unpaired) electrons. The van der Waals surface area contributed by atoms with E-state index < -0.39 is 0 Å². The van der Waals surface area contributed by atoms with E-state index in [1.54, 1.807) is 18.4 Å². The third-order valence-electron chi connectivity index (χ3n) is 3.42. The smallest absolute Gasteiger partial charge is 0.191 e.